The molecule has 18 rings (SSSR count). The maximum absolute atomic E-state index is 8.79. The van der Waals surface area contributed by atoms with Crippen molar-refractivity contribution in [3.8, 4) is 23.1 Å². The van der Waals surface area contributed by atoms with Crippen LogP contribution in [0.15, 0.2) is 304 Å². The molecular formula is C88H71Ir3N16-9. The molecule has 8 heterocycles. The first-order valence-electron chi connectivity index (χ1n) is 34.1. The van der Waals surface area contributed by atoms with Crippen molar-refractivity contribution in [1.29, 1.82) is 5.26 Å². The van der Waals surface area contributed by atoms with Crippen molar-refractivity contribution in [2.75, 3.05) is 46.2 Å². The molecule has 0 bridgehead atoms. The van der Waals surface area contributed by atoms with Crippen LogP contribution in [0.2, 0.25) is 0 Å². The van der Waals surface area contributed by atoms with Gasteiger partial charge in [-0.3, -0.25) is 4.98 Å². The van der Waals surface area contributed by atoms with E-state index in [-0.39, 0.29) is 60.3 Å². The van der Waals surface area contributed by atoms with E-state index in [4.69, 9.17) is 5.26 Å². The van der Waals surface area contributed by atoms with Crippen molar-refractivity contribution in [1.82, 2.24) is 34.5 Å². The first-order valence-corrected chi connectivity index (χ1v) is 34.1. The number of rotatable bonds is 11. The van der Waals surface area contributed by atoms with Crippen LogP contribution >= 0.6 is 0 Å². The molecule has 0 saturated carbocycles. The molecule has 19 heteroatoms. The molecule has 0 N–H and O–H groups in total. The van der Waals surface area contributed by atoms with Gasteiger partial charge in [-0.25, -0.2) is 30.2 Å². The zero-order chi connectivity index (χ0) is 71.1. The van der Waals surface area contributed by atoms with Gasteiger partial charge in [-0.2, -0.15) is 116 Å². The number of fused-ring (bicyclic) bond motifs is 4. The minimum Gasteiger partial charge on any atom is -0.504 e. The molecule has 539 valence electrons. The first kappa shape index (κ1) is 76.7. The van der Waals surface area contributed by atoms with Crippen LogP contribution in [0.4, 0.5) is 86.0 Å². The van der Waals surface area contributed by atoms with Gasteiger partial charge in [0.15, 0.2) is 0 Å². The second kappa shape index (κ2) is 36.5. The summed E-state index contributed by atoms with van der Waals surface area (Å²) in [5.74, 6) is 6.04. The summed E-state index contributed by atoms with van der Waals surface area (Å²) in [6.45, 7) is 17.0. The largest absolute Gasteiger partial charge is 0.504 e. The van der Waals surface area contributed by atoms with Crippen LogP contribution in [-0.4, -0.2) is 41.5 Å². The monoisotopic (exact) mass is 1930 g/mol. The van der Waals surface area contributed by atoms with Crippen LogP contribution in [0.5, 0.6) is 0 Å². The van der Waals surface area contributed by atoms with Crippen LogP contribution in [0, 0.1) is 68.3 Å². The molecule has 10 aromatic carbocycles. The van der Waals surface area contributed by atoms with E-state index in [1.807, 2.05) is 253 Å². The van der Waals surface area contributed by atoms with E-state index in [9.17, 15) is 0 Å². The second-order valence-electron chi connectivity index (χ2n) is 24.7. The van der Waals surface area contributed by atoms with Crippen LogP contribution in [0.1, 0.15) is 56.2 Å². The Morgan fingerprint density at radius 1 is 0.346 bits per heavy atom. The van der Waals surface area contributed by atoms with Gasteiger partial charge in [-0.05, 0) is 90.7 Å². The van der Waals surface area contributed by atoms with Gasteiger partial charge in [-0.1, -0.05) is 118 Å². The molecule has 0 spiro atoms. The fraction of sp³-hybridized carbons (Fsp3) is 0.0795. The number of nitriles is 1. The van der Waals surface area contributed by atoms with Crippen LogP contribution in [0.3, 0.4) is 0 Å². The fourth-order valence-electron chi connectivity index (χ4n) is 12.3. The summed E-state index contributed by atoms with van der Waals surface area (Å²) >= 11 is 0. The van der Waals surface area contributed by atoms with Crippen LogP contribution in [0.25, 0.3) is 17.1 Å². The van der Waals surface area contributed by atoms with Crippen molar-refractivity contribution >= 4 is 86.0 Å². The number of nitrogens with zero attached hydrogens (tertiary/aromatic N) is 16. The van der Waals surface area contributed by atoms with Crippen LogP contribution < -0.4 is 39.2 Å². The molecule has 16 nitrogen and oxygen atoms in total. The summed E-state index contributed by atoms with van der Waals surface area (Å²) in [7, 11) is 2.02. The predicted molar refractivity (Wildman–Crippen MR) is 416 cm³/mol. The maximum Gasteiger partial charge on any atom is 0.145 e. The molecule has 0 atom stereocenters. The number of benzene rings is 10. The first-order chi connectivity index (χ1) is 51.2. The Morgan fingerprint density at radius 2 is 0.766 bits per heavy atom. The Labute approximate surface area is 667 Å². The number of hydrogen-bond donors (Lipinski definition) is 0. The molecule has 3 radical (unpaired) electrons. The van der Waals surface area contributed by atoms with E-state index in [0.29, 0.717) is 17.4 Å². The summed E-state index contributed by atoms with van der Waals surface area (Å²) in [5.41, 5.74) is 16.0. The molecule has 0 aliphatic carbocycles. The summed E-state index contributed by atoms with van der Waals surface area (Å²) in [4.78, 5) is 43.4. The van der Waals surface area contributed by atoms with Crippen molar-refractivity contribution in [3.63, 3.8) is 0 Å². The van der Waals surface area contributed by atoms with Gasteiger partial charge in [0, 0.05) is 144 Å². The molecule has 14 aromatic rings. The minimum atomic E-state index is 0. The van der Waals surface area contributed by atoms with Crippen molar-refractivity contribution < 1.29 is 60.3 Å². The average molecular weight is 1930 g/mol. The third-order valence-electron chi connectivity index (χ3n) is 17.3. The van der Waals surface area contributed by atoms with Gasteiger partial charge >= 0.3 is 0 Å². The predicted octanol–water partition coefficient (Wildman–Crippen LogP) is 20.3. The third-order valence-corrected chi connectivity index (χ3v) is 17.3. The molecule has 0 amide bonds. The number of aromatic nitrogens is 7. The normalized spacial score (nSPS) is 12.5. The van der Waals surface area contributed by atoms with Crippen molar-refractivity contribution in [2.45, 2.75) is 39.5 Å². The second-order valence-corrected chi connectivity index (χ2v) is 24.7. The molecule has 4 aliphatic rings. The van der Waals surface area contributed by atoms with Gasteiger partial charge in [-0.15, -0.1) is 84.7 Å². The van der Waals surface area contributed by atoms with Gasteiger partial charge < -0.3 is 43.8 Å². The van der Waals surface area contributed by atoms with E-state index in [1.54, 1.807) is 36.9 Å². The Kier molecular flexibility index (Phi) is 26.2. The Balaban J connectivity index is 0.000000133. The van der Waals surface area contributed by atoms with Gasteiger partial charge in [0.05, 0.1) is 11.5 Å². The average Bonchev–Trinajstić information content (AvgIpc) is 1.68. The Morgan fingerprint density at radius 3 is 1.22 bits per heavy atom. The van der Waals surface area contributed by atoms with Crippen molar-refractivity contribution in [3.05, 3.63) is 378 Å². The molecule has 107 heavy (non-hydrogen) atoms. The van der Waals surface area contributed by atoms with E-state index < -0.39 is 0 Å². The maximum atomic E-state index is 8.79. The smallest absolute Gasteiger partial charge is 0.145 e. The molecular weight excluding hydrogens is 1860 g/mol. The topological polar surface area (TPSA) is 132 Å². The van der Waals surface area contributed by atoms with Crippen molar-refractivity contribution in [2.24, 2.45) is 0 Å². The molecule has 4 aliphatic heterocycles. The molecule has 0 unspecified atom stereocenters. The summed E-state index contributed by atoms with van der Waals surface area (Å²) < 4.78 is 2.22. The quantitative estimate of drug-likeness (QED) is 0.114. The zero-order valence-electron chi connectivity index (χ0n) is 59.0. The molecule has 4 aromatic heterocycles. The number of para-hydroxylation sites is 9. The zero-order valence-corrected chi connectivity index (χ0v) is 66.2. The number of imidazole rings is 1. The standard InChI is InChI=1S/C21H23N2.C18H13N3.2C17H12N4.C15H11N3.3Ir/c1-15(2)18-11-8-12-19(16(3)4)20(18)23-14-13-22-21(23)17-9-6-5-7-10-17;1-3-8-15(9-4-1)20-14-21(16-10-5-2-6-11-16)18-17(20)12-7-13-19-18;2*1-3-7-14(8-4-1)20-13-21(15-9-5-2-6-10-15)17-16(20)18-11-12-19-17;1-17-11-18(15-5-3-2-4-14(15)17)13-8-6-12(10-16)7-9-13;;;/h5-9,11-16H,1-4H3;1-10,12-14H;2*1-9,11-13H;2-8,11H,1H3;;;/q-1;4*-2;;;. The Bertz CT molecular complexity index is 4610. The van der Waals surface area contributed by atoms with E-state index >= 15 is 0 Å². The summed E-state index contributed by atoms with van der Waals surface area (Å²) in [5, 5.41) is 8.79. The SMILES string of the molecule is CC(C)c1cccc(C(C)C)c1-n1ccnc1-c1[c-]cccc1.CN1[CH-]N(c2[c-]cc(C#N)cc2)c2ccccc21.[Ir].[Ir].[Ir].[c-]1ccccc1N1[CH-]N(c2ccccc2)c2cccnc21.[c-]1ccccc1N1[CH-]N(c2ccccc2)c2nccnc21.[c-]1ccccc1N1[CH-]N(c2ccccc2)c2nccnc21. The van der Waals surface area contributed by atoms with Gasteiger partial charge in [0.1, 0.15) is 29.1 Å². The van der Waals surface area contributed by atoms with Crippen LogP contribution in [-0.2, 0) is 60.3 Å². The summed E-state index contributed by atoms with van der Waals surface area (Å²) in [6, 6.07) is 105. The fourth-order valence-corrected chi connectivity index (χ4v) is 12.3. The summed E-state index contributed by atoms with van der Waals surface area (Å²) in [6.07, 6.45) is 12.6. The van der Waals surface area contributed by atoms with E-state index in [0.717, 1.165) is 97.4 Å². The molecule has 0 fully saturated rings. The molecule has 0 saturated heterocycles. The van der Waals surface area contributed by atoms with Gasteiger partial charge in [0.2, 0.25) is 0 Å². The minimum absolute atomic E-state index is 0. The number of pyridine rings is 1. The Hall–Kier alpha value is -11.4. The van der Waals surface area contributed by atoms with E-state index in [1.165, 1.54) is 16.8 Å². The van der Waals surface area contributed by atoms with E-state index in [2.05, 4.69) is 186 Å². The number of anilines is 15. The number of hydrogen-bond acceptors (Lipinski definition) is 15. The van der Waals surface area contributed by atoms with Gasteiger partial charge in [0.25, 0.3) is 0 Å². The third kappa shape index (κ3) is 17.3.